The van der Waals surface area contributed by atoms with Gasteiger partial charge in [0.25, 0.3) is 0 Å². The van der Waals surface area contributed by atoms with E-state index in [4.69, 9.17) is 19.9 Å². The standard InChI is InChI=1S/C15H26N2O3/c1-11(10-18-3)17(2)9-13(16)12-6-7-14(19-4)15(8-12)20-5/h6-8,11,13H,9-10,16H2,1-5H3. The number of likely N-dealkylation sites (N-methyl/N-ethyl adjacent to an activating group) is 1. The van der Waals surface area contributed by atoms with Gasteiger partial charge in [0, 0.05) is 25.7 Å². The molecule has 20 heavy (non-hydrogen) atoms. The van der Waals surface area contributed by atoms with Gasteiger partial charge in [-0.2, -0.15) is 0 Å². The number of hydrogen-bond donors (Lipinski definition) is 1. The van der Waals surface area contributed by atoms with Crippen molar-refractivity contribution in [3.05, 3.63) is 23.8 Å². The van der Waals surface area contributed by atoms with Gasteiger partial charge in [-0.1, -0.05) is 6.07 Å². The zero-order chi connectivity index (χ0) is 15.1. The number of nitrogens with zero attached hydrogens (tertiary/aromatic N) is 1. The van der Waals surface area contributed by atoms with Crippen molar-refractivity contribution in [3.63, 3.8) is 0 Å². The van der Waals surface area contributed by atoms with Crippen LogP contribution in [-0.4, -0.2) is 52.5 Å². The predicted octanol–water partition coefficient (Wildman–Crippen LogP) is 1.67. The molecule has 2 unspecified atom stereocenters. The van der Waals surface area contributed by atoms with Gasteiger partial charge in [0.15, 0.2) is 11.5 Å². The van der Waals surface area contributed by atoms with Crippen molar-refractivity contribution < 1.29 is 14.2 Å². The first-order chi connectivity index (χ1) is 9.53. The van der Waals surface area contributed by atoms with Crippen LogP contribution in [0, 0.1) is 0 Å². The molecule has 1 aromatic carbocycles. The number of ether oxygens (including phenoxy) is 3. The lowest BCUT2D eigenvalue weighted by atomic mass is 10.1. The number of benzene rings is 1. The fourth-order valence-electron chi connectivity index (χ4n) is 2.05. The maximum atomic E-state index is 6.27. The van der Waals surface area contributed by atoms with Crippen molar-refractivity contribution >= 4 is 0 Å². The third-order valence-electron chi connectivity index (χ3n) is 3.48. The third-order valence-corrected chi connectivity index (χ3v) is 3.48. The normalized spacial score (nSPS) is 14.2. The van der Waals surface area contributed by atoms with Gasteiger partial charge in [0.05, 0.1) is 20.8 Å². The second-order valence-corrected chi connectivity index (χ2v) is 4.96. The molecule has 0 heterocycles. The fraction of sp³-hybridized carbons (Fsp3) is 0.600. The molecule has 5 heteroatoms. The van der Waals surface area contributed by atoms with E-state index in [2.05, 4.69) is 11.8 Å². The van der Waals surface area contributed by atoms with Gasteiger partial charge in [-0.15, -0.1) is 0 Å². The second-order valence-electron chi connectivity index (χ2n) is 4.96. The van der Waals surface area contributed by atoms with Gasteiger partial charge in [-0.3, -0.25) is 4.90 Å². The topological polar surface area (TPSA) is 57.0 Å². The highest BCUT2D eigenvalue weighted by atomic mass is 16.5. The molecule has 0 aliphatic heterocycles. The lowest BCUT2D eigenvalue weighted by molar-refractivity contribution is 0.112. The molecular formula is C15H26N2O3. The Morgan fingerprint density at radius 3 is 2.35 bits per heavy atom. The van der Waals surface area contributed by atoms with Crippen LogP contribution >= 0.6 is 0 Å². The first-order valence-corrected chi connectivity index (χ1v) is 6.70. The molecule has 0 amide bonds. The van der Waals surface area contributed by atoms with Crippen LogP contribution in [0.1, 0.15) is 18.5 Å². The Morgan fingerprint density at radius 1 is 1.15 bits per heavy atom. The van der Waals surface area contributed by atoms with Gasteiger partial charge < -0.3 is 19.9 Å². The first kappa shape index (κ1) is 16.8. The zero-order valence-corrected chi connectivity index (χ0v) is 13.1. The highest BCUT2D eigenvalue weighted by molar-refractivity contribution is 5.43. The molecule has 0 aliphatic rings. The van der Waals surface area contributed by atoms with Crippen LogP contribution in [0.3, 0.4) is 0 Å². The Kier molecular flexibility index (Phi) is 6.78. The summed E-state index contributed by atoms with van der Waals surface area (Å²) in [7, 11) is 7.00. The van der Waals surface area contributed by atoms with E-state index in [-0.39, 0.29) is 6.04 Å². The van der Waals surface area contributed by atoms with Crippen molar-refractivity contribution in [2.45, 2.75) is 19.0 Å². The average molecular weight is 282 g/mol. The molecule has 0 spiro atoms. The molecule has 1 aromatic rings. The Labute approximate surface area is 121 Å². The molecule has 0 radical (unpaired) electrons. The summed E-state index contributed by atoms with van der Waals surface area (Å²) in [6, 6.07) is 6.02. The Balaban J connectivity index is 2.74. The zero-order valence-electron chi connectivity index (χ0n) is 13.1. The van der Waals surface area contributed by atoms with E-state index < -0.39 is 0 Å². The minimum absolute atomic E-state index is 0.0842. The van der Waals surface area contributed by atoms with E-state index in [1.54, 1.807) is 21.3 Å². The van der Waals surface area contributed by atoms with E-state index in [0.29, 0.717) is 24.1 Å². The number of methoxy groups -OCH3 is 3. The Bertz CT molecular complexity index is 412. The summed E-state index contributed by atoms with van der Waals surface area (Å²) in [5.41, 5.74) is 7.29. The number of hydrogen-bond acceptors (Lipinski definition) is 5. The summed E-state index contributed by atoms with van der Waals surface area (Å²) in [6.45, 7) is 3.56. The average Bonchev–Trinajstić information content (AvgIpc) is 2.46. The van der Waals surface area contributed by atoms with Gasteiger partial charge in [-0.05, 0) is 31.7 Å². The summed E-state index contributed by atoms with van der Waals surface area (Å²) in [5, 5.41) is 0. The summed E-state index contributed by atoms with van der Waals surface area (Å²) < 4.78 is 15.7. The van der Waals surface area contributed by atoms with Crippen LogP contribution in [-0.2, 0) is 4.74 Å². The minimum Gasteiger partial charge on any atom is -0.493 e. The largest absolute Gasteiger partial charge is 0.493 e. The molecule has 2 atom stereocenters. The molecule has 0 aromatic heterocycles. The van der Waals surface area contributed by atoms with Crippen molar-refractivity contribution in [1.82, 2.24) is 4.90 Å². The Morgan fingerprint density at radius 2 is 1.80 bits per heavy atom. The molecule has 0 aliphatic carbocycles. The van der Waals surface area contributed by atoms with Crippen LogP contribution < -0.4 is 15.2 Å². The summed E-state index contributed by atoms with van der Waals surface area (Å²) >= 11 is 0. The maximum absolute atomic E-state index is 6.27. The van der Waals surface area contributed by atoms with Gasteiger partial charge >= 0.3 is 0 Å². The van der Waals surface area contributed by atoms with Gasteiger partial charge in [-0.25, -0.2) is 0 Å². The van der Waals surface area contributed by atoms with E-state index in [1.165, 1.54) is 0 Å². The number of rotatable bonds is 8. The molecule has 0 fully saturated rings. The van der Waals surface area contributed by atoms with E-state index in [9.17, 15) is 0 Å². The van der Waals surface area contributed by atoms with Crippen LogP contribution in [0.15, 0.2) is 18.2 Å². The molecular weight excluding hydrogens is 256 g/mol. The number of nitrogens with two attached hydrogens (primary N) is 1. The molecule has 0 saturated heterocycles. The van der Waals surface area contributed by atoms with Crippen molar-refractivity contribution in [2.75, 3.05) is 41.5 Å². The minimum atomic E-state index is -0.0842. The molecule has 5 nitrogen and oxygen atoms in total. The van der Waals surface area contributed by atoms with Crippen molar-refractivity contribution in [3.8, 4) is 11.5 Å². The third kappa shape index (κ3) is 4.37. The second kappa shape index (κ2) is 8.09. The lowest BCUT2D eigenvalue weighted by Crippen LogP contribution is -2.37. The van der Waals surface area contributed by atoms with Gasteiger partial charge in [0.1, 0.15) is 0 Å². The lowest BCUT2D eigenvalue weighted by Gasteiger charge is -2.27. The predicted molar refractivity (Wildman–Crippen MR) is 80.4 cm³/mol. The molecule has 2 N–H and O–H groups in total. The van der Waals surface area contributed by atoms with Crippen molar-refractivity contribution in [1.29, 1.82) is 0 Å². The van der Waals surface area contributed by atoms with Crippen molar-refractivity contribution in [2.24, 2.45) is 5.73 Å². The highest BCUT2D eigenvalue weighted by Gasteiger charge is 2.15. The van der Waals surface area contributed by atoms with Crippen LogP contribution in [0.25, 0.3) is 0 Å². The SMILES string of the molecule is COCC(C)N(C)CC(N)c1ccc(OC)c(OC)c1. The first-order valence-electron chi connectivity index (χ1n) is 6.70. The smallest absolute Gasteiger partial charge is 0.161 e. The summed E-state index contributed by atoms with van der Waals surface area (Å²) in [4.78, 5) is 2.19. The van der Waals surface area contributed by atoms with E-state index >= 15 is 0 Å². The quantitative estimate of drug-likeness (QED) is 0.786. The van der Waals surface area contributed by atoms with E-state index in [1.807, 2.05) is 25.2 Å². The monoisotopic (exact) mass is 282 g/mol. The molecule has 1 rings (SSSR count). The highest BCUT2D eigenvalue weighted by Crippen LogP contribution is 2.29. The maximum Gasteiger partial charge on any atom is 0.161 e. The van der Waals surface area contributed by atoms with Crippen LogP contribution in [0.4, 0.5) is 0 Å². The fourth-order valence-corrected chi connectivity index (χ4v) is 2.05. The molecule has 114 valence electrons. The van der Waals surface area contributed by atoms with E-state index in [0.717, 1.165) is 12.1 Å². The molecule has 0 saturated carbocycles. The summed E-state index contributed by atoms with van der Waals surface area (Å²) in [5.74, 6) is 1.41. The molecule has 0 bridgehead atoms. The summed E-state index contributed by atoms with van der Waals surface area (Å²) in [6.07, 6.45) is 0. The Hall–Kier alpha value is -1.30. The van der Waals surface area contributed by atoms with Crippen LogP contribution in [0.5, 0.6) is 11.5 Å². The van der Waals surface area contributed by atoms with Crippen LogP contribution in [0.2, 0.25) is 0 Å². The van der Waals surface area contributed by atoms with Gasteiger partial charge in [0.2, 0.25) is 0 Å².